The molecule has 1 aromatic heterocycles. The molecule has 8 rings (SSSR count). The number of methoxy groups -OCH3 is 4. The van der Waals surface area contributed by atoms with Gasteiger partial charge in [-0.05, 0) is 187 Å². The van der Waals surface area contributed by atoms with Crippen LogP contribution in [0.1, 0.15) is 230 Å². The van der Waals surface area contributed by atoms with Gasteiger partial charge in [0.05, 0.1) is 77.9 Å². The molecule has 0 aliphatic carbocycles. The van der Waals surface area contributed by atoms with Crippen molar-refractivity contribution >= 4 is 47.6 Å². The Morgan fingerprint density at radius 1 is 0.576 bits per heavy atom. The van der Waals surface area contributed by atoms with Crippen molar-refractivity contribution in [1.82, 2.24) is 24.3 Å². The lowest BCUT2D eigenvalue weighted by molar-refractivity contribution is -0.315. The monoisotopic (exact) mass is 1770 g/mol. The number of carbonyl (C=O) groups excluding carboxylic acids is 8. The van der Waals surface area contributed by atoms with Crippen LogP contribution in [-0.4, -0.2) is 292 Å². The standard InChI is InChI=1S/C46H79N5O13.C45H73N3O13/c1-17-34-46(12)38(51(43(55)64-46)21-19-18-20-48-49-47)28(5)36(53)25(2)23-44(10,56-15)39(63-42-27(4)33(50(13)14)22-26(3)58-42)29(6)37(30(7)41(54)61-34)62-35-24-45(11,57-16)40(31(8)59-35)60-32(9)52;1-17-34-43(10,61-42(52)48-19-18-46-24-48)21-25(2)36(50)26(3)22-44(11,53-15)38(60-41-28(5)33(47(13)14)20-27(4)55-41)29(6)37(30(7)40(51)58-34)59-35-23-45(12,54-16)39(31(8)56-35)57-32(9)49/h25-31,33-35,37-40,42H,17-24H2,1-16H3;18-19,21,24,26-31,33-35,37-39,41H,17,20,22-23H2,1-16H3/b;25-21+/t25-,26-,27-,28+,29+,30-,31+,33+,34-,35?,37+,38?,39-,40+,42?,44+,45-,46-;26-,27-,28-,29+,30-,31+,33+,34-,35?,37+,38-,39+,41?,43+,44+,45-/m11/s1. The van der Waals surface area contributed by atoms with Crippen LogP contribution in [0.25, 0.3) is 10.4 Å². The molecule has 34 heteroatoms. The Hall–Kier alpha value is -6.34. The van der Waals surface area contributed by atoms with Crippen LogP contribution in [0.15, 0.2) is 35.5 Å². The number of fused-ring (bicyclic) bond motifs is 1. The van der Waals surface area contributed by atoms with E-state index in [1.165, 1.54) is 44.2 Å². The van der Waals surface area contributed by atoms with Crippen molar-refractivity contribution in [3.63, 3.8) is 0 Å². The fraction of sp³-hybridized carbons (Fsp3) is 0.857. The number of esters is 4. The molecule has 0 radical (unpaired) electrons. The van der Waals surface area contributed by atoms with Crippen LogP contribution in [0, 0.1) is 53.3 Å². The minimum Gasteiger partial charge on any atom is -0.458 e. The molecule has 5 unspecified atom stereocenters. The van der Waals surface area contributed by atoms with Gasteiger partial charge in [0.1, 0.15) is 35.5 Å². The highest BCUT2D eigenvalue weighted by Crippen LogP contribution is 2.48. The van der Waals surface area contributed by atoms with Gasteiger partial charge in [-0.1, -0.05) is 67.4 Å². The largest absolute Gasteiger partial charge is 0.458 e. The van der Waals surface area contributed by atoms with Gasteiger partial charge in [0.25, 0.3) is 0 Å². The van der Waals surface area contributed by atoms with Gasteiger partial charge in [-0.15, -0.1) is 0 Å². The zero-order chi connectivity index (χ0) is 93.8. The zero-order valence-corrected chi connectivity index (χ0v) is 80.7. The van der Waals surface area contributed by atoms with Crippen molar-refractivity contribution < 1.29 is 124 Å². The van der Waals surface area contributed by atoms with Crippen molar-refractivity contribution in [2.45, 2.75) is 381 Å². The van der Waals surface area contributed by atoms with Gasteiger partial charge in [0.15, 0.2) is 54.4 Å². The molecule has 34 atom stereocenters. The molecule has 1 aromatic rings. The van der Waals surface area contributed by atoms with Crippen molar-refractivity contribution in [2.75, 3.05) is 69.7 Å². The summed E-state index contributed by atoms with van der Waals surface area (Å²) >= 11 is 0. The minimum atomic E-state index is -1.59. The first-order valence-electron chi connectivity index (χ1n) is 44.9. The molecule has 0 saturated carbocycles. The van der Waals surface area contributed by atoms with Gasteiger partial charge >= 0.3 is 36.1 Å². The van der Waals surface area contributed by atoms with Gasteiger partial charge in [0, 0.05) is 139 Å². The molecule has 125 heavy (non-hydrogen) atoms. The number of ether oxygens (including phenoxy) is 18. The van der Waals surface area contributed by atoms with E-state index in [0.29, 0.717) is 18.4 Å². The maximum Gasteiger partial charge on any atom is 0.420 e. The van der Waals surface area contributed by atoms with Crippen LogP contribution in [0.3, 0.4) is 0 Å². The molecule has 712 valence electrons. The number of ketones is 2. The number of azide groups is 1. The Bertz CT molecular complexity index is 3830. The summed E-state index contributed by atoms with van der Waals surface area (Å²) in [6.07, 6.45) is -3.77. The lowest BCUT2D eigenvalue weighted by atomic mass is 9.73. The summed E-state index contributed by atoms with van der Waals surface area (Å²) in [5.74, 6) is -7.95. The average molecular weight is 1770 g/mol. The van der Waals surface area contributed by atoms with Gasteiger partial charge in [0.2, 0.25) is 0 Å². The van der Waals surface area contributed by atoms with E-state index < -0.39 is 203 Å². The SMILES string of the molecule is CC[C@H]1OC(=O)[C@H](C)[C@@H](OC2C[C@@](C)(OC)[C@@H](OC(C)=O)[C@H](C)O2)[C@H](C)[C@@H](OC2O[C@H](C)C[C@H](N(C)C)[C@H]2C)[C@@](C)(OC)C[C@@H](C)C(=O)/C(C)=C/[C@]1(C)OC(=O)n1ccnc1.CC[C@H]1OC(=O)[C@H](C)[C@@H](OC2C[C@@](C)(OC)[C@@H](OC(C)=O)[C@H](C)O2)[C@H](C)[C@@H](OC2O[C@H](C)C[C@H](N(C)C)[C@H]2C)[C@@](C)(OC)C[C@@H](C)C(=O)[C@H](C)C2N(CCCCN=[N+]=[N-])C(=O)O[C@@]21C. The minimum absolute atomic E-state index is 0.0743. The molecule has 6 saturated heterocycles. The number of unbranched alkanes of at least 4 members (excludes halogenated alkanes) is 1. The summed E-state index contributed by atoms with van der Waals surface area (Å²) in [5, 5.41) is 3.63. The number of allylic oxidation sites excluding steroid dienone is 1. The maximum absolute atomic E-state index is 14.9. The first kappa shape index (κ1) is 106. The van der Waals surface area contributed by atoms with E-state index in [-0.39, 0.29) is 99.3 Å². The van der Waals surface area contributed by atoms with Crippen LogP contribution in [0.4, 0.5) is 9.59 Å². The zero-order valence-electron chi connectivity index (χ0n) is 80.7. The third-order valence-electron chi connectivity index (χ3n) is 27.9. The third-order valence-corrected chi connectivity index (χ3v) is 27.9. The number of cyclic esters (lactones) is 2. The summed E-state index contributed by atoms with van der Waals surface area (Å²) in [5.41, 5.74) is 1.74. The molecule has 8 heterocycles. The number of aromatic nitrogens is 2. The van der Waals surface area contributed by atoms with Gasteiger partial charge in [-0.3, -0.25) is 28.8 Å². The number of rotatable bonds is 24. The van der Waals surface area contributed by atoms with Crippen LogP contribution in [0.5, 0.6) is 0 Å². The Labute approximate surface area is 741 Å². The molecule has 34 nitrogen and oxygen atoms in total. The number of imidazole rings is 1. The number of Topliss-reactive ketones (excluding diaryl/α,β-unsaturated/α-hetero) is 2. The van der Waals surface area contributed by atoms with E-state index >= 15 is 0 Å². The number of carbonyl (C=O) groups is 8. The summed E-state index contributed by atoms with van der Waals surface area (Å²) in [4.78, 5) is 123. The normalized spacial score (nSPS) is 42.1. The fourth-order valence-electron chi connectivity index (χ4n) is 20.7. The topological polar surface area (TPSA) is 379 Å². The van der Waals surface area contributed by atoms with Crippen LogP contribution < -0.4 is 0 Å². The second-order valence-corrected chi connectivity index (χ2v) is 38.2. The Morgan fingerprint density at radius 2 is 1.01 bits per heavy atom. The molecule has 1 amide bonds. The quantitative estimate of drug-likeness (QED) is 0.0232. The lowest BCUT2D eigenvalue weighted by Gasteiger charge is -2.50. The molecule has 0 N–H and O–H groups in total. The highest BCUT2D eigenvalue weighted by atomic mass is 16.7. The summed E-state index contributed by atoms with van der Waals surface area (Å²) in [6.45, 7) is 43.9. The predicted octanol–water partition coefficient (Wildman–Crippen LogP) is 13.0. The average Bonchev–Trinajstić information content (AvgIpc) is 1.60. The number of amides is 1. The molecule has 0 bridgehead atoms. The Kier molecular flexibility index (Phi) is 37.6. The van der Waals surface area contributed by atoms with Gasteiger partial charge in [-0.25, -0.2) is 19.1 Å². The number of hydrogen-bond acceptors (Lipinski definition) is 30. The smallest absolute Gasteiger partial charge is 0.420 e. The molecule has 7 aliphatic rings. The van der Waals surface area contributed by atoms with Gasteiger partial charge < -0.3 is 100.0 Å². The van der Waals surface area contributed by atoms with Crippen molar-refractivity contribution in [3.05, 3.63) is 40.8 Å². The third kappa shape index (κ3) is 24.7. The van der Waals surface area contributed by atoms with E-state index in [4.69, 9.17) is 90.8 Å². The second-order valence-electron chi connectivity index (χ2n) is 38.2. The van der Waals surface area contributed by atoms with E-state index in [1.807, 2.05) is 111 Å². The summed E-state index contributed by atoms with van der Waals surface area (Å²) < 4.78 is 117. The van der Waals surface area contributed by atoms with E-state index in [2.05, 4.69) is 38.7 Å². The second kappa shape index (κ2) is 44.5. The van der Waals surface area contributed by atoms with E-state index in [9.17, 15) is 38.4 Å². The first-order valence-corrected chi connectivity index (χ1v) is 44.9. The molecular weight excluding hydrogens is 1620 g/mol. The first-order chi connectivity index (χ1) is 58.4. The Balaban J connectivity index is 0.000000344. The molecule has 0 spiro atoms. The summed E-state index contributed by atoms with van der Waals surface area (Å²) in [7, 11) is 14.4. The number of nitrogens with zero attached hydrogens (tertiary/aromatic N) is 8. The fourth-order valence-corrected chi connectivity index (χ4v) is 20.7. The maximum atomic E-state index is 14.9. The summed E-state index contributed by atoms with van der Waals surface area (Å²) in [6, 6.07) is -0.540. The van der Waals surface area contributed by atoms with Crippen LogP contribution in [-0.2, 0) is 114 Å². The lowest BCUT2D eigenvalue weighted by Crippen LogP contribution is -2.61. The number of hydrogen-bond donors (Lipinski definition) is 0. The molecule has 7 aliphatic heterocycles. The highest BCUT2D eigenvalue weighted by molar-refractivity contribution is 5.96. The molecular formula is C91H152N8O26. The highest BCUT2D eigenvalue weighted by Gasteiger charge is 2.62. The van der Waals surface area contributed by atoms with Crippen molar-refractivity contribution in [1.29, 1.82) is 0 Å². The van der Waals surface area contributed by atoms with Crippen molar-refractivity contribution in [2.24, 2.45) is 58.4 Å². The van der Waals surface area contributed by atoms with Crippen LogP contribution in [0.2, 0.25) is 0 Å². The van der Waals surface area contributed by atoms with Crippen LogP contribution >= 0.6 is 0 Å². The molecule has 0 aromatic carbocycles. The van der Waals surface area contributed by atoms with Crippen molar-refractivity contribution in [3.8, 4) is 0 Å². The Morgan fingerprint density at radius 3 is 1.41 bits per heavy atom. The van der Waals surface area contributed by atoms with E-state index in [0.717, 1.165) is 12.8 Å². The predicted molar refractivity (Wildman–Crippen MR) is 460 cm³/mol. The van der Waals surface area contributed by atoms with E-state index in [1.54, 1.807) is 87.7 Å². The molecule has 6 fully saturated rings. The van der Waals surface area contributed by atoms with Gasteiger partial charge in [-0.2, -0.15) is 0 Å².